The molecule has 2 aromatic carbocycles. The molecular formula is C28H28ClN5O3S. The lowest BCUT2D eigenvalue weighted by atomic mass is 9.93. The standard InChI is InChI=1S/C28H28ClN5O3S/c1-18-25(27(37)31-22-6-4-3-5-7-22)26(20-8-10-21(29)11-9-20)34-23(17-38-28(34)30-18)16-24(36)33-14-12-32(13-15-33)19(2)35/h3-11,17,26H,12-16H2,1-2H3,(H,31,37)/t26-/m1/s1. The first-order valence-corrected chi connectivity index (χ1v) is 13.7. The fraction of sp³-hybridized carbons (Fsp3) is 0.286. The van der Waals surface area contributed by atoms with Crippen LogP contribution in [0.4, 0.5) is 5.69 Å². The number of aliphatic imine (C=N–C) groups is 1. The first-order valence-electron chi connectivity index (χ1n) is 12.4. The van der Waals surface area contributed by atoms with E-state index in [-0.39, 0.29) is 24.1 Å². The largest absolute Gasteiger partial charge is 0.339 e. The molecular weight excluding hydrogens is 522 g/mol. The highest BCUT2D eigenvalue weighted by Gasteiger charge is 2.41. The molecule has 2 aromatic rings. The number of allylic oxidation sites excluding steroid dienone is 1. The molecule has 38 heavy (non-hydrogen) atoms. The molecule has 0 spiro atoms. The molecule has 10 heteroatoms. The Balaban J connectivity index is 1.43. The fourth-order valence-corrected chi connectivity index (χ4v) is 5.97. The molecule has 1 N–H and O–H groups in total. The Kier molecular flexibility index (Phi) is 7.58. The lowest BCUT2D eigenvalue weighted by Crippen LogP contribution is -2.50. The Hall–Kier alpha value is -3.56. The lowest BCUT2D eigenvalue weighted by Gasteiger charge is -2.38. The number of para-hydroxylation sites is 1. The maximum atomic E-state index is 13.7. The predicted octanol–water partition coefficient (Wildman–Crippen LogP) is 4.63. The number of carbonyl (C=O) groups is 3. The van der Waals surface area contributed by atoms with Gasteiger partial charge in [-0.05, 0) is 42.2 Å². The van der Waals surface area contributed by atoms with Crippen molar-refractivity contribution in [3.8, 4) is 0 Å². The summed E-state index contributed by atoms with van der Waals surface area (Å²) in [4.78, 5) is 48.9. The second-order valence-electron chi connectivity index (χ2n) is 9.33. The smallest absolute Gasteiger partial charge is 0.255 e. The maximum absolute atomic E-state index is 13.7. The number of amides is 3. The summed E-state index contributed by atoms with van der Waals surface area (Å²) in [6, 6.07) is 16.2. The van der Waals surface area contributed by atoms with Gasteiger partial charge < -0.3 is 20.0 Å². The van der Waals surface area contributed by atoms with Crippen molar-refractivity contribution < 1.29 is 14.4 Å². The second kappa shape index (κ2) is 11.0. The van der Waals surface area contributed by atoms with Crippen molar-refractivity contribution in [3.05, 3.63) is 87.6 Å². The summed E-state index contributed by atoms with van der Waals surface area (Å²) in [5.41, 5.74) is 3.48. The Morgan fingerprint density at radius 2 is 1.66 bits per heavy atom. The summed E-state index contributed by atoms with van der Waals surface area (Å²) in [5, 5.41) is 6.27. The quantitative estimate of drug-likeness (QED) is 0.587. The summed E-state index contributed by atoms with van der Waals surface area (Å²) in [6.07, 6.45) is 0.169. The number of hydrogen-bond donors (Lipinski definition) is 1. The van der Waals surface area contributed by atoms with Gasteiger partial charge in [-0.3, -0.25) is 14.4 Å². The number of carbonyl (C=O) groups excluding carboxylic acids is 3. The number of nitrogens with one attached hydrogen (secondary N) is 1. The Morgan fingerprint density at radius 1 is 1.00 bits per heavy atom. The summed E-state index contributed by atoms with van der Waals surface area (Å²) < 4.78 is 0. The first-order chi connectivity index (χ1) is 18.3. The molecule has 0 radical (unpaired) electrons. The summed E-state index contributed by atoms with van der Waals surface area (Å²) in [6.45, 7) is 5.46. The molecule has 5 rings (SSSR count). The van der Waals surface area contributed by atoms with Crippen LogP contribution in [-0.2, 0) is 14.4 Å². The molecule has 3 amide bonds. The van der Waals surface area contributed by atoms with Crippen molar-refractivity contribution in [2.75, 3.05) is 31.5 Å². The van der Waals surface area contributed by atoms with Gasteiger partial charge in [0, 0.05) is 49.5 Å². The molecule has 8 nitrogen and oxygen atoms in total. The number of rotatable bonds is 5. The van der Waals surface area contributed by atoms with Gasteiger partial charge in [-0.2, -0.15) is 0 Å². The van der Waals surface area contributed by atoms with Crippen LogP contribution in [0, 0.1) is 0 Å². The van der Waals surface area contributed by atoms with Crippen LogP contribution in [0.5, 0.6) is 0 Å². The normalized spacial score (nSPS) is 19.1. The van der Waals surface area contributed by atoms with Crippen molar-refractivity contribution in [1.29, 1.82) is 0 Å². The number of benzene rings is 2. The molecule has 1 fully saturated rings. The van der Waals surface area contributed by atoms with Gasteiger partial charge in [0.05, 0.1) is 23.7 Å². The Labute approximate surface area is 231 Å². The van der Waals surface area contributed by atoms with E-state index in [1.165, 1.54) is 11.8 Å². The number of fused-ring (bicyclic) bond motifs is 1. The summed E-state index contributed by atoms with van der Waals surface area (Å²) in [5.74, 6) is -0.243. The third-order valence-electron chi connectivity index (χ3n) is 6.87. The minimum absolute atomic E-state index is 0.0160. The zero-order chi connectivity index (χ0) is 26.8. The van der Waals surface area contributed by atoms with E-state index in [0.29, 0.717) is 48.2 Å². The van der Waals surface area contributed by atoms with E-state index in [9.17, 15) is 14.4 Å². The van der Waals surface area contributed by atoms with E-state index >= 15 is 0 Å². The van der Waals surface area contributed by atoms with Gasteiger partial charge in [-0.25, -0.2) is 4.99 Å². The third kappa shape index (κ3) is 5.35. The van der Waals surface area contributed by atoms with E-state index in [1.807, 2.05) is 59.7 Å². The number of amidine groups is 1. The van der Waals surface area contributed by atoms with Crippen LogP contribution >= 0.6 is 23.4 Å². The number of nitrogens with zero attached hydrogens (tertiary/aromatic N) is 4. The van der Waals surface area contributed by atoms with Crippen LogP contribution < -0.4 is 5.32 Å². The van der Waals surface area contributed by atoms with Crippen LogP contribution in [0.3, 0.4) is 0 Å². The minimum Gasteiger partial charge on any atom is -0.339 e. The monoisotopic (exact) mass is 549 g/mol. The first kappa shape index (κ1) is 26.1. The molecule has 1 saturated heterocycles. The molecule has 3 aliphatic heterocycles. The number of anilines is 1. The summed E-state index contributed by atoms with van der Waals surface area (Å²) >= 11 is 7.64. The van der Waals surface area contributed by atoms with Gasteiger partial charge in [0.15, 0.2) is 5.17 Å². The SMILES string of the molecule is CC(=O)N1CCN(C(=O)CC2=CSC3=NC(C)=C(C(=O)Nc4ccccc4)[C@@H](c4ccc(Cl)cc4)N23)CC1. The van der Waals surface area contributed by atoms with Crippen LogP contribution in [0.25, 0.3) is 0 Å². The number of hydrogen-bond acceptors (Lipinski definition) is 6. The predicted molar refractivity (Wildman–Crippen MR) is 150 cm³/mol. The molecule has 3 aliphatic rings. The fourth-order valence-electron chi connectivity index (χ4n) is 4.88. The maximum Gasteiger partial charge on any atom is 0.255 e. The van der Waals surface area contributed by atoms with Crippen LogP contribution in [0.2, 0.25) is 5.02 Å². The molecule has 196 valence electrons. The molecule has 0 unspecified atom stereocenters. The van der Waals surface area contributed by atoms with Crippen molar-refractivity contribution >= 4 is 51.9 Å². The molecule has 1 atom stereocenters. The Morgan fingerprint density at radius 3 is 2.32 bits per heavy atom. The Bertz CT molecular complexity index is 1350. The second-order valence-corrected chi connectivity index (χ2v) is 10.6. The number of thioether (sulfide) groups is 1. The number of piperazine rings is 1. The zero-order valence-electron chi connectivity index (χ0n) is 21.2. The summed E-state index contributed by atoms with van der Waals surface area (Å²) in [7, 11) is 0. The highest BCUT2D eigenvalue weighted by molar-refractivity contribution is 8.16. The molecule has 0 aliphatic carbocycles. The highest BCUT2D eigenvalue weighted by Crippen LogP contribution is 2.45. The zero-order valence-corrected chi connectivity index (χ0v) is 22.8. The van der Waals surface area contributed by atoms with E-state index in [4.69, 9.17) is 16.6 Å². The average Bonchev–Trinajstić information content (AvgIpc) is 3.30. The van der Waals surface area contributed by atoms with E-state index in [2.05, 4.69) is 5.32 Å². The van der Waals surface area contributed by atoms with Crippen LogP contribution in [0.15, 0.2) is 82.0 Å². The van der Waals surface area contributed by atoms with Gasteiger partial charge in [0.25, 0.3) is 5.91 Å². The average molecular weight is 550 g/mol. The number of halogens is 1. The van der Waals surface area contributed by atoms with Gasteiger partial charge in [-0.15, -0.1) is 0 Å². The van der Waals surface area contributed by atoms with E-state index in [1.54, 1.807) is 28.9 Å². The van der Waals surface area contributed by atoms with Gasteiger partial charge >= 0.3 is 0 Å². The van der Waals surface area contributed by atoms with Crippen molar-refractivity contribution in [1.82, 2.24) is 14.7 Å². The van der Waals surface area contributed by atoms with Crippen molar-refractivity contribution in [2.45, 2.75) is 26.3 Å². The van der Waals surface area contributed by atoms with Gasteiger partial charge in [0.2, 0.25) is 11.8 Å². The van der Waals surface area contributed by atoms with Gasteiger partial charge in [-0.1, -0.05) is 53.7 Å². The topological polar surface area (TPSA) is 85.3 Å². The van der Waals surface area contributed by atoms with Crippen molar-refractivity contribution in [2.24, 2.45) is 4.99 Å². The molecule has 3 heterocycles. The van der Waals surface area contributed by atoms with E-state index < -0.39 is 6.04 Å². The highest BCUT2D eigenvalue weighted by atomic mass is 35.5. The van der Waals surface area contributed by atoms with Crippen LogP contribution in [0.1, 0.15) is 31.9 Å². The molecule has 0 bridgehead atoms. The lowest BCUT2D eigenvalue weighted by molar-refractivity contribution is -0.138. The molecule has 0 aromatic heterocycles. The minimum atomic E-state index is -0.480. The van der Waals surface area contributed by atoms with E-state index in [0.717, 1.165) is 16.4 Å². The van der Waals surface area contributed by atoms with Crippen LogP contribution in [-0.4, -0.2) is 63.8 Å². The molecule has 0 saturated carbocycles. The van der Waals surface area contributed by atoms with Gasteiger partial charge in [0.1, 0.15) is 0 Å². The van der Waals surface area contributed by atoms with Crippen molar-refractivity contribution in [3.63, 3.8) is 0 Å². The third-order valence-corrected chi connectivity index (χ3v) is 8.01.